The molecule has 2 aliphatic heterocycles. The molecule has 0 saturated carbocycles. The van der Waals surface area contributed by atoms with Crippen LogP contribution in [-0.4, -0.2) is 54.3 Å². The van der Waals surface area contributed by atoms with Gasteiger partial charge in [-0.25, -0.2) is 4.39 Å². The van der Waals surface area contributed by atoms with Crippen LogP contribution in [0.1, 0.15) is 23.2 Å². The predicted molar refractivity (Wildman–Crippen MR) is 68.8 cm³/mol. The van der Waals surface area contributed by atoms with Gasteiger partial charge >= 0.3 is 0 Å². The molecule has 2 atom stereocenters. The lowest BCUT2D eigenvalue weighted by Gasteiger charge is -2.38. The zero-order chi connectivity index (χ0) is 13.9. The molecular weight excluding hydrogens is 263 g/mol. The maximum atomic E-state index is 13.2. The van der Waals surface area contributed by atoms with E-state index in [1.807, 2.05) is 0 Å². The number of carbonyl (C=O) groups excluding carboxylic acids is 1. The summed E-state index contributed by atoms with van der Waals surface area (Å²) < 4.78 is 24.3. The van der Waals surface area contributed by atoms with Gasteiger partial charge in [0, 0.05) is 19.3 Å². The number of hydrogen-bond acceptors (Lipinski definition) is 4. The quantitative estimate of drug-likeness (QED) is 0.818. The number of aromatic nitrogens is 1. The third-order valence-electron chi connectivity index (χ3n) is 3.77. The maximum absolute atomic E-state index is 13.2. The van der Waals surface area contributed by atoms with E-state index in [1.165, 1.54) is 12.3 Å². The van der Waals surface area contributed by atoms with Crippen LogP contribution in [0.2, 0.25) is 0 Å². The Balaban J connectivity index is 1.80. The van der Waals surface area contributed by atoms with Gasteiger partial charge in [0.25, 0.3) is 5.91 Å². The first-order valence-electron chi connectivity index (χ1n) is 6.86. The Morgan fingerprint density at radius 3 is 3.05 bits per heavy atom. The summed E-state index contributed by atoms with van der Waals surface area (Å²) >= 11 is 0. The largest absolute Gasteiger partial charge is 0.377 e. The Hall–Kier alpha value is -1.53. The van der Waals surface area contributed by atoms with Crippen LogP contribution < -0.4 is 0 Å². The van der Waals surface area contributed by atoms with Gasteiger partial charge in [-0.05, 0) is 18.9 Å². The number of ether oxygens (including phenoxy) is 2. The Morgan fingerprint density at radius 2 is 2.30 bits per heavy atom. The van der Waals surface area contributed by atoms with Gasteiger partial charge in [-0.3, -0.25) is 9.78 Å². The number of hydrogen-bond donors (Lipinski definition) is 0. The minimum Gasteiger partial charge on any atom is -0.377 e. The molecule has 0 N–H and O–H groups in total. The number of morpholine rings is 1. The van der Waals surface area contributed by atoms with Crippen LogP contribution in [0.15, 0.2) is 18.5 Å². The fourth-order valence-electron chi connectivity index (χ4n) is 2.78. The van der Waals surface area contributed by atoms with E-state index < -0.39 is 5.82 Å². The predicted octanol–water partition coefficient (Wildman–Crippen LogP) is 1.24. The summed E-state index contributed by atoms with van der Waals surface area (Å²) in [5, 5.41) is 0. The number of halogens is 1. The van der Waals surface area contributed by atoms with Crippen molar-refractivity contribution in [1.29, 1.82) is 0 Å². The highest BCUT2D eigenvalue weighted by molar-refractivity contribution is 5.94. The van der Waals surface area contributed by atoms with Crippen LogP contribution in [0.5, 0.6) is 0 Å². The molecule has 3 rings (SSSR count). The van der Waals surface area contributed by atoms with Crippen molar-refractivity contribution in [3.63, 3.8) is 0 Å². The first-order chi connectivity index (χ1) is 9.75. The number of pyridine rings is 1. The SMILES string of the molecule is O=C(c1cncc(F)c1)N1CCOC[C@H]1[C@H]1CCCO1. The molecule has 0 unspecified atom stereocenters. The number of carbonyl (C=O) groups is 1. The minimum absolute atomic E-state index is 0.0146. The van der Waals surface area contributed by atoms with E-state index >= 15 is 0 Å². The molecule has 2 aliphatic rings. The molecule has 1 aromatic heterocycles. The molecule has 0 aromatic carbocycles. The monoisotopic (exact) mass is 280 g/mol. The van der Waals surface area contributed by atoms with Crippen molar-refractivity contribution >= 4 is 5.91 Å². The summed E-state index contributed by atoms with van der Waals surface area (Å²) in [6.07, 6.45) is 4.44. The van der Waals surface area contributed by atoms with E-state index in [-0.39, 0.29) is 23.6 Å². The van der Waals surface area contributed by atoms with E-state index in [0.717, 1.165) is 25.6 Å². The third-order valence-corrected chi connectivity index (χ3v) is 3.77. The van der Waals surface area contributed by atoms with E-state index in [2.05, 4.69) is 4.98 Å². The first kappa shape index (κ1) is 13.5. The van der Waals surface area contributed by atoms with Crippen molar-refractivity contribution in [2.24, 2.45) is 0 Å². The average Bonchev–Trinajstić information content (AvgIpc) is 3.00. The normalized spacial score (nSPS) is 26.8. The van der Waals surface area contributed by atoms with Crippen molar-refractivity contribution in [3.05, 3.63) is 29.8 Å². The Bertz CT molecular complexity index is 491. The van der Waals surface area contributed by atoms with Crippen LogP contribution in [0.3, 0.4) is 0 Å². The molecule has 5 nitrogen and oxygen atoms in total. The van der Waals surface area contributed by atoms with Gasteiger partial charge < -0.3 is 14.4 Å². The van der Waals surface area contributed by atoms with Gasteiger partial charge in [-0.2, -0.15) is 0 Å². The second-order valence-electron chi connectivity index (χ2n) is 5.08. The second kappa shape index (κ2) is 5.85. The van der Waals surface area contributed by atoms with E-state index in [0.29, 0.717) is 19.8 Å². The molecular formula is C14H17FN2O3. The lowest BCUT2D eigenvalue weighted by molar-refractivity contribution is -0.0531. The molecule has 3 heterocycles. The van der Waals surface area contributed by atoms with Gasteiger partial charge in [0.15, 0.2) is 0 Å². The summed E-state index contributed by atoms with van der Waals surface area (Å²) in [4.78, 5) is 18.0. The van der Waals surface area contributed by atoms with Gasteiger partial charge in [0.1, 0.15) is 5.82 Å². The smallest absolute Gasteiger partial charge is 0.256 e. The summed E-state index contributed by atoms with van der Waals surface area (Å²) in [5.41, 5.74) is 0.273. The average molecular weight is 280 g/mol. The second-order valence-corrected chi connectivity index (χ2v) is 5.08. The molecule has 1 aromatic rings. The Kier molecular flexibility index (Phi) is 3.93. The van der Waals surface area contributed by atoms with Crippen LogP contribution >= 0.6 is 0 Å². The van der Waals surface area contributed by atoms with Gasteiger partial charge in [-0.1, -0.05) is 0 Å². The van der Waals surface area contributed by atoms with Gasteiger partial charge in [-0.15, -0.1) is 0 Å². The van der Waals surface area contributed by atoms with Crippen molar-refractivity contribution in [3.8, 4) is 0 Å². The Morgan fingerprint density at radius 1 is 1.40 bits per heavy atom. The summed E-state index contributed by atoms with van der Waals surface area (Å²) in [6.45, 7) is 2.20. The molecule has 1 amide bonds. The molecule has 0 aliphatic carbocycles. The molecule has 0 radical (unpaired) electrons. The highest BCUT2D eigenvalue weighted by Crippen LogP contribution is 2.23. The van der Waals surface area contributed by atoms with Crippen LogP contribution in [-0.2, 0) is 9.47 Å². The number of nitrogens with zero attached hydrogens (tertiary/aromatic N) is 2. The molecule has 6 heteroatoms. The molecule has 20 heavy (non-hydrogen) atoms. The van der Waals surface area contributed by atoms with Gasteiger partial charge in [0.2, 0.25) is 0 Å². The summed E-state index contributed by atoms with van der Waals surface area (Å²) in [7, 11) is 0. The van der Waals surface area contributed by atoms with Crippen molar-refractivity contribution < 1.29 is 18.7 Å². The Labute approximate surface area is 116 Å². The van der Waals surface area contributed by atoms with Crippen molar-refractivity contribution in [2.45, 2.75) is 25.0 Å². The highest BCUT2D eigenvalue weighted by atomic mass is 19.1. The van der Waals surface area contributed by atoms with Gasteiger partial charge in [0.05, 0.1) is 37.1 Å². The minimum atomic E-state index is -0.502. The zero-order valence-corrected chi connectivity index (χ0v) is 11.1. The third kappa shape index (κ3) is 2.66. The lowest BCUT2D eigenvalue weighted by atomic mass is 10.0. The molecule has 2 saturated heterocycles. The van der Waals surface area contributed by atoms with E-state index in [9.17, 15) is 9.18 Å². The van der Waals surface area contributed by atoms with Crippen LogP contribution in [0.25, 0.3) is 0 Å². The highest BCUT2D eigenvalue weighted by Gasteiger charge is 2.36. The number of amides is 1. The standard InChI is InChI=1S/C14H17FN2O3/c15-11-6-10(7-16-8-11)14(18)17-3-5-19-9-12(17)13-2-1-4-20-13/h6-8,12-13H,1-5,9H2/t12-,13+/m0/s1. The number of rotatable bonds is 2. The zero-order valence-electron chi connectivity index (χ0n) is 11.1. The lowest BCUT2D eigenvalue weighted by Crippen LogP contribution is -2.54. The van der Waals surface area contributed by atoms with Crippen LogP contribution in [0.4, 0.5) is 4.39 Å². The molecule has 0 spiro atoms. The molecule has 108 valence electrons. The fraction of sp³-hybridized carbons (Fsp3) is 0.571. The van der Waals surface area contributed by atoms with Crippen molar-refractivity contribution in [2.75, 3.05) is 26.4 Å². The maximum Gasteiger partial charge on any atom is 0.256 e. The first-order valence-corrected chi connectivity index (χ1v) is 6.86. The van der Waals surface area contributed by atoms with Crippen molar-refractivity contribution in [1.82, 2.24) is 9.88 Å². The molecule has 2 fully saturated rings. The van der Waals surface area contributed by atoms with E-state index in [1.54, 1.807) is 4.90 Å². The summed E-state index contributed by atoms with van der Waals surface area (Å²) in [5.74, 6) is -0.710. The molecule has 0 bridgehead atoms. The van der Waals surface area contributed by atoms with E-state index in [4.69, 9.17) is 9.47 Å². The fourth-order valence-corrected chi connectivity index (χ4v) is 2.78. The summed E-state index contributed by atoms with van der Waals surface area (Å²) in [6, 6.07) is 1.12. The topological polar surface area (TPSA) is 51.7 Å². The van der Waals surface area contributed by atoms with Crippen LogP contribution in [0, 0.1) is 5.82 Å².